The lowest BCUT2D eigenvalue weighted by molar-refractivity contribution is 0.373. The molecule has 9 nitrogen and oxygen atoms in total. The first-order valence-corrected chi connectivity index (χ1v) is 11.9. The van der Waals surface area contributed by atoms with Crippen molar-refractivity contribution in [1.82, 2.24) is 33.6 Å². The Balaban J connectivity index is 1.61. The van der Waals surface area contributed by atoms with Gasteiger partial charge in [0.25, 0.3) is 0 Å². The summed E-state index contributed by atoms with van der Waals surface area (Å²) in [6, 6.07) is 4.08. The lowest BCUT2D eigenvalue weighted by Crippen LogP contribution is -2.43. The summed E-state index contributed by atoms with van der Waals surface area (Å²) in [6.45, 7) is 5.42. The van der Waals surface area contributed by atoms with E-state index in [-0.39, 0.29) is 5.25 Å². The maximum absolute atomic E-state index is 10.1. The molecular formula is C19H23BN8OS2. The first-order chi connectivity index (χ1) is 15.0. The lowest BCUT2D eigenvalue weighted by Gasteiger charge is -2.32. The summed E-state index contributed by atoms with van der Waals surface area (Å²) >= 11 is 3.30. The van der Waals surface area contributed by atoms with E-state index in [0.29, 0.717) is 0 Å². The van der Waals surface area contributed by atoms with Crippen LogP contribution in [0.1, 0.15) is 16.6 Å². The van der Waals surface area contributed by atoms with Crippen LogP contribution in [0.4, 0.5) is 10.8 Å². The third-order valence-corrected chi connectivity index (χ3v) is 7.35. The van der Waals surface area contributed by atoms with Crippen molar-refractivity contribution in [1.29, 1.82) is 0 Å². The van der Waals surface area contributed by atoms with Gasteiger partial charge in [0.1, 0.15) is 10.8 Å². The molecule has 5 heterocycles. The molecular weight excluding hydrogens is 431 g/mol. The molecule has 0 bridgehead atoms. The van der Waals surface area contributed by atoms with Crippen LogP contribution in [0.25, 0.3) is 16.8 Å². The number of hydrogen-bond acceptors (Lipinski definition) is 9. The van der Waals surface area contributed by atoms with Gasteiger partial charge in [-0.3, -0.25) is 4.68 Å². The van der Waals surface area contributed by atoms with E-state index in [4.69, 9.17) is 4.98 Å². The number of anilines is 2. The Morgan fingerprint density at radius 3 is 2.84 bits per heavy atom. The Bertz CT molecular complexity index is 1220. The van der Waals surface area contributed by atoms with E-state index in [2.05, 4.69) is 30.8 Å². The zero-order valence-corrected chi connectivity index (χ0v) is 19.2. The predicted molar refractivity (Wildman–Crippen MR) is 126 cm³/mol. The van der Waals surface area contributed by atoms with Gasteiger partial charge in [0.2, 0.25) is 0 Å². The second-order valence-electron chi connectivity index (χ2n) is 7.71. The van der Waals surface area contributed by atoms with E-state index in [9.17, 15) is 5.02 Å². The minimum Gasteiger partial charge on any atom is -0.437 e. The molecule has 160 valence electrons. The highest BCUT2D eigenvalue weighted by Gasteiger charge is 2.28. The fourth-order valence-corrected chi connectivity index (χ4v) is 5.62. The molecule has 4 aromatic heterocycles. The fourth-order valence-electron chi connectivity index (χ4n) is 3.74. The maximum atomic E-state index is 10.1. The van der Waals surface area contributed by atoms with Gasteiger partial charge in [-0.15, -0.1) is 11.8 Å². The molecule has 1 saturated heterocycles. The number of fused-ring (bicyclic) bond motifs is 1. The van der Waals surface area contributed by atoms with Gasteiger partial charge in [-0.2, -0.15) is 19.1 Å². The molecule has 0 spiro atoms. The van der Waals surface area contributed by atoms with E-state index in [0.717, 1.165) is 57.8 Å². The third-order valence-electron chi connectivity index (χ3n) is 5.34. The van der Waals surface area contributed by atoms with Crippen LogP contribution < -0.4 is 5.32 Å². The lowest BCUT2D eigenvalue weighted by atomic mass is 9.84. The summed E-state index contributed by atoms with van der Waals surface area (Å²) in [6.07, 6.45) is 5.63. The average Bonchev–Trinajstić information content (AvgIpc) is 3.48. The van der Waals surface area contributed by atoms with Crippen LogP contribution in [0.5, 0.6) is 0 Å². The van der Waals surface area contributed by atoms with Gasteiger partial charge >= 0.3 is 7.05 Å². The SMILES string of the molecule is CB(O)N1CCSC(c2cc(Nc3cc(C)ns3)n3ncc(-c4cnn(C)c4)c3n2)C1. The fraction of sp³-hybridized carbons (Fsp3) is 0.368. The van der Waals surface area contributed by atoms with Crippen LogP contribution in [0.3, 0.4) is 0 Å². The highest BCUT2D eigenvalue weighted by molar-refractivity contribution is 7.99. The third kappa shape index (κ3) is 4.08. The summed E-state index contributed by atoms with van der Waals surface area (Å²) in [4.78, 5) is 7.12. The second-order valence-corrected chi connectivity index (χ2v) is 9.82. The zero-order chi connectivity index (χ0) is 21.5. The number of aromatic nitrogens is 6. The molecule has 1 atom stereocenters. The average molecular weight is 454 g/mol. The first kappa shape index (κ1) is 20.5. The van der Waals surface area contributed by atoms with E-state index < -0.39 is 7.05 Å². The monoisotopic (exact) mass is 454 g/mol. The minimum absolute atomic E-state index is 0.161. The molecule has 1 aliphatic heterocycles. The summed E-state index contributed by atoms with van der Waals surface area (Å²) in [5.41, 5.74) is 4.64. The van der Waals surface area contributed by atoms with Gasteiger partial charge in [0.15, 0.2) is 5.65 Å². The van der Waals surface area contributed by atoms with Gasteiger partial charge in [0.05, 0.1) is 29.0 Å². The van der Waals surface area contributed by atoms with Crippen LogP contribution in [0, 0.1) is 6.92 Å². The largest absolute Gasteiger partial charge is 0.437 e. The Morgan fingerprint density at radius 1 is 1.26 bits per heavy atom. The van der Waals surface area contributed by atoms with Crippen molar-refractivity contribution in [2.24, 2.45) is 7.05 Å². The zero-order valence-electron chi connectivity index (χ0n) is 17.6. The highest BCUT2D eigenvalue weighted by atomic mass is 32.2. The van der Waals surface area contributed by atoms with Crippen LogP contribution in [-0.2, 0) is 7.05 Å². The van der Waals surface area contributed by atoms with E-state index >= 15 is 0 Å². The molecule has 31 heavy (non-hydrogen) atoms. The molecule has 0 amide bonds. The van der Waals surface area contributed by atoms with Crippen LogP contribution in [0.2, 0.25) is 6.82 Å². The summed E-state index contributed by atoms with van der Waals surface area (Å²) < 4.78 is 7.99. The normalized spacial score (nSPS) is 17.4. The van der Waals surface area contributed by atoms with E-state index in [1.54, 1.807) is 4.68 Å². The quantitative estimate of drug-likeness (QED) is 0.445. The van der Waals surface area contributed by atoms with Crippen molar-refractivity contribution in [2.45, 2.75) is 19.0 Å². The smallest absolute Gasteiger partial charge is 0.376 e. The molecule has 2 N–H and O–H groups in total. The molecule has 0 radical (unpaired) electrons. The predicted octanol–water partition coefficient (Wildman–Crippen LogP) is 2.84. The summed E-state index contributed by atoms with van der Waals surface area (Å²) in [5.74, 6) is 1.79. The van der Waals surface area contributed by atoms with Gasteiger partial charge in [-0.05, 0) is 37.9 Å². The Morgan fingerprint density at radius 2 is 2.13 bits per heavy atom. The molecule has 12 heteroatoms. The molecule has 1 unspecified atom stereocenters. The first-order valence-electron chi connectivity index (χ1n) is 10.1. The van der Waals surface area contributed by atoms with Gasteiger partial charge in [0, 0.05) is 42.7 Å². The minimum atomic E-state index is -0.467. The Labute approximate surface area is 188 Å². The van der Waals surface area contributed by atoms with Crippen molar-refractivity contribution >= 4 is 46.8 Å². The number of thioether (sulfide) groups is 1. The van der Waals surface area contributed by atoms with Crippen molar-refractivity contribution < 1.29 is 5.02 Å². The molecule has 0 saturated carbocycles. The number of rotatable bonds is 5. The number of nitrogens with one attached hydrogen (secondary N) is 1. The standard InChI is InChI=1S/C19H23BN8OS2/c1-12-6-18(31-25-12)24-17-7-15(16-11-27(20(2)29)4-5-30-16)23-19-14(9-22-28(17)19)13-8-21-26(3)10-13/h6-10,16,24,29H,4-5,11H2,1-3H3. The molecule has 1 aliphatic rings. The van der Waals surface area contributed by atoms with Crippen molar-refractivity contribution in [3.05, 3.63) is 42.1 Å². The Hall–Kier alpha value is -2.41. The van der Waals surface area contributed by atoms with Gasteiger partial charge in [-0.25, -0.2) is 4.98 Å². The summed E-state index contributed by atoms with van der Waals surface area (Å²) in [7, 11) is 1.43. The van der Waals surface area contributed by atoms with Crippen molar-refractivity contribution in [3.63, 3.8) is 0 Å². The molecule has 0 aliphatic carbocycles. The van der Waals surface area contributed by atoms with Crippen LogP contribution in [0.15, 0.2) is 30.7 Å². The molecule has 5 rings (SSSR count). The van der Waals surface area contributed by atoms with E-state index in [1.165, 1.54) is 11.5 Å². The second kappa shape index (κ2) is 8.27. The van der Waals surface area contributed by atoms with Crippen molar-refractivity contribution in [3.8, 4) is 11.1 Å². The molecule has 1 fully saturated rings. The topological polar surface area (TPSA) is 96.4 Å². The van der Waals surface area contributed by atoms with Gasteiger partial charge in [-0.1, -0.05) is 0 Å². The maximum Gasteiger partial charge on any atom is 0.376 e. The van der Waals surface area contributed by atoms with Crippen molar-refractivity contribution in [2.75, 3.05) is 24.2 Å². The number of hydrogen-bond donors (Lipinski definition) is 2. The summed E-state index contributed by atoms with van der Waals surface area (Å²) in [5, 5.41) is 23.6. The van der Waals surface area contributed by atoms with E-state index in [1.807, 2.05) is 61.7 Å². The number of aryl methyl sites for hydroxylation is 2. The van der Waals surface area contributed by atoms with Crippen LogP contribution in [-0.4, -0.2) is 64.5 Å². The molecule has 0 aromatic carbocycles. The molecule has 4 aromatic rings. The van der Waals surface area contributed by atoms with Crippen LogP contribution >= 0.6 is 23.3 Å². The van der Waals surface area contributed by atoms with Gasteiger partial charge < -0.3 is 15.2 Å². The number of nitrogens with zero attached hydrogens (tertiary/aromatic N) is 7. The Kier molecular flexibility index (Phi) is 5.46. The highest BCUT2D eigenvalue weighted by Crippen LogP contribution is 2.36.